The molecule has 1 aromatic carbocycles. The average Bonchev–Trinajstić information content (AvgIpc) is 3.31. The second kappa shape index (κ2) is 6.54. The number of nitrogens with zero attached hydrogens (tertiary/aromatic N) is 2. The Balaban J connectivity index is 1.79. The lowest BCUT2D eigenvalue weighted by Crippen LogP contribution is -2.34. The zero-order valence-corrected chi connectivity index (χ0v) is 14.0. The number of rotatable bonds is 5. The summed E-state index contributed by atoms with van der Waals surface area (Å²) in [5.41, 5.74) is 0.481. The topological polar surface area (TPSA) is 46.9 Å². The van der Waals surface area contributed by atoms with Gasteiger partial charge in [-0.25, -0.2) is 0 Å². The minimum atomic E-state index is -4.51. The molecule has 0 saturated heterocycles. The predicted octanol–water partition coefficient (Wildman–Crippen LogP) is 4.22. The molecule has 1 amide bonds. The van der Waals surface area contributed by atoms with E-state index < -0.39 is 17.9 Å². The first-order valence-corrected chi connectivity index (χ1v) is 8.29. The molecule has 3 rings (SSSR count). The Labute approximate surface area is 144 Å². The van der Waals surface area contributed by atoms with Gasteiger partial charge in [0.1, 0.15) is 6.04 Å². The minimum absolute atomic E-state index is 0.0606. The quantitative estimate of drug-likeness (QED) is 0.877. The first-order valence-electron chi connectivity index (χ1n) is 8.29. The minimum Gasteiger partial charge on any atom is -0.348 e. The number of carbonyl (C=O) groups is 1. The molecule has 0 radical (unpaired) electrons. The predicted molar refractivity (Wildman–Crippen MR) is 86.9 cm³/mol. The summed E-state index contributed by atoms with van der Waals surface area (Å²) in [4.78, 5) is 12.5. The molecule has 1 aromatic heterocycles. The highest BCUT2D eigenvalue weighted by atomic mass is 19.4. The van der Waals surface area contributed by atoms with Gasteiger partial charge < -0.3 is 5.32 Å². The molecule has 1 heterocycles. The molecule has 2 atom stereocenters. The summed E-state index contributed by atoms with van der Waals surface area (Å²) in [5.74, 6) is -0.291. The fourth-order valence-corrected chi connectivity index (χ4v) is 2.81. The van der Waals surface area contributed by atoms with E-state index in [4.69, 9.17) is 0 Å². The average molecular weight is 351 g/mol. The number of benzene rings is 1. The Morgan fingerprint density at radius 2 is 1.88 bits per heavy atom. The summed E-state index contributed by atoms with van der Waals surface area (Å²) >= 11 is 0. The van der Waals surface area contributed by atoms with Crippen LogP contribution >= 0.6 is 0 Å². The number of hydrogen-bond acceptors (Lipinski definition) is 2. The van der Waals surface area contributed by atoms with Crippen LogP contribution in [0.1, 0.15) is 61.6 Å². The molecule has 0 bridgehead atoms. The Kier molecular flexibility index (Phi) is 4.58. The number of alkyl halides is 3. The van der Waals surface area contributed by atoms with Crippen LogP contribution in [0, 0.1) is 0 Å². The number of hydrogen-bond donors (Lipinski definition) is 1. The molecule has 1 fully saturated rings. The van der Waals surface area contributed by atoms with Gasteiger partial charge in [-0.1, -0.05) is 30.3 Å². The molecule has 25 heavy (non-hydrogen) atoms. The summed E-state index contributed by atoms with van der Waals surface area (Å²) in [6.45, 7) is 3.41. The van der Waals surface area contributed by atoms with E-state index in [1.807, 2.05) is 37.3 Å². The Morgan fingerprint density at radius 1 is 1.24 bits per heavy atom. The lowest BCUT2D eigenvalue weighted by atomic mass is 10.1. The smallest absolute Gasteiger partial charge is 0.348 e. The van der Waals surface area contributed by atoms with Crippen molar-refractivity contribution in [3.8, 4) is 0 Å². The monoisotopic (exact) mass is 351 g/mol. The van der Waals surface area contributed by atoms with Crippen LogP contribution in [0.25, 0.3) is 0 Å². The maximum atomic E-state index is 13.0. The maximum absolute atomic E-state index is 13.0. The van der Waals surface area contributed by atoms with Crippen molar-refractivity contribution < 1.29 is 18.0 Å². The molecular formula is C18H20F3N3O. The molecule has 1 aliphatic carbocycles. The molecule has 1 N–H and O–H groups in total. The largest absolute Gasteiger partial charge is 0.435 e. The van der Waals surface area contributed by atoms with Crippen molar-refractivity contribution in [2.24, 2.45) is 0 Å². The molecule has 0 aliphatic heterocycles. The van der Waals surface area contributed by atoms with Crippen molar-refractivity contribution in [1.29, 1.82) is 0 Å². The molecule has 2 unspecified atom stereocenters. The standard InChI is InChI=1S/C18H20F3N3O/c1-11(13-6-4-3-5-7-13)22-17(25)12(2)24-15(14-8-9-14)10-16(23-24)18(19,20)21/h3-7,10-12,14H,8-9H2,1-2H3,(H,22,25). The van der Waals surface area contributed by atoms with Crippen molar-refractivity contribution in [3.05, 3.63) is 53.3 Å². The summed E-state index contributed by atoms with van der Waals surface area (Å²) < 4.78 is 40.2. The van der Waals surface area contributed by atoms with Crippen LogP contribution in [0.15, 0.2) is 36.4 Å². The van der Waals surface area contributed by atoms with E-state index >= 15 is 0 Å². The number of carbonyl (C=O) groups excluding carboxylic acids is 1. The highest BCUT2D eigenvalue weighted by Gasteiger charge is 2.39. The molecule has 7 heteroatoms. The zero-order valence-electron chi connectivity index (χ0n) is 14.0. The maximum Gasteiger partial charge on any atom is 0.435 e. The summed E-state index contributed by atoms with van der Waals surface area (Å²) in [6, 6.07) is 9.43. The van der Waals surface area contributed by atoms with Crippen LogP contribution in [-0.4, -0.2) is 15.7 Å². The van der Waals surface area contributed by atoms with Gasteiger partial charge in [-0.05, 0) is 38.3 Å². The number of nitrogens with one attached hydrogen (secondary N) is 1. The van der Waals surface area contributed by atoms with Crippen molar-refractivity contribution >= 4 is 5.91 Å². The van der Waals surface area contributed by atoms with E-state index in [0.717, 1.165) is 24.5 Å². The van der Waals surface area contributed by atoms with Crippen molar-refractivity contribution in [1.82, 2.24) is 15.1 Å². The van der Waals surface area contributed by atoms with E-state index in [0.29, 0.717) is 5.69 Å². The number of halogens is 3. The summed E-state index contributed by atoms with van der Waals surface area (Å²) in [5, 5.41) is 6.52. The van der Waals surface area contributed by atoms with Gasteiger partial charge in [-0.2, -0.15) is 18.3 Å². The normalized spacial score (nSPS) is 17.2. The highest BCUT2D eigenvalue weighted by Crippen LogP contribution is 2.43. The highest BCUT2D eigenvalue weighted by molar-refractivity contribution is 5.80. The fraction of sp³-hybridized carbons (Fsp3) is 0.444. The SMILES string of the molecule is CC(NC(=O)C(C)n1nc(C(F)(F)F)cc1C1CC1)c1ccccc1. The van der Waals surface area contributed by atoms with Crippen LogP contribution in [0.3, 0.4) is 0 Å². The molecular weight excluding hydrogens is 331 g/mol. The van der Waals surface area contributed by atoms with Gasteiger partial charge in [0, 0.05) is 11.6 Å². The third kappa shape index (κ3) is 3.86. The Bertz CT molecular complexity index is 751. The van der Waals surface area contributed by atoms with Crippen LogP contribution in [0.5, 0.6) is 0 Å². The molecule has 0 spiro atoms. The first-order chi connectivity index (χ1) is 11.8. The first kappa shape index (κ1) is 17.5. The van der Waals surface area contributed by atoms with E-state index in [-0.39, 0.29) is 17.9 Å². The second-order valence-electron chi connectivity index (χ2n) is 6.49. The van der Waals surface area contributed by atoms with Gasteiger partial charge in [0.05, 0.1) is 6.04 Å². The van der Waals surface area contributed by atoms with Gasteiger partial charge in [0.25, 0.3) is 0 Å². The zero-order chi connectivity index (χ0) is 18.2. The van der Waals surface area contributed by atoms with E-state index in [1.54, 1.807) is 6.92 Å². The molecule has 2 aromatic rings. The molecule has 134 valence electrons. The van der Waals surface area contributed by atoms with Gasteiger partial charge in [-0.3, -0.25) is 9.48 Å². The second-order valence-corrected chi connectivity index (χ2v) is 6.49. The van der Waals surface area contributed by atoms with Gasteiger partial charge in [0.2, 0.25) is 5.91 Å². The van der Waals surface area contributed by atoms with Gasteiger partial charge in [-0.15, -0.1) is 0 Å². The van der Waals surface area contributed by atoms with Crippen molar-refractivity contribution in [2.45, 2.75) is 50.9 Å². The van der Waals surface area contributed by atoms with E-state index in [9.17, 15) is 18.0 Å². The molecule has 1 aliphatic rings. The summed E-state index contributed by atoms with van der Waals surface area (Å²) in [6.07, 6.45) is -2.85. The number of aromatic nitrogens is 2. The third-order valence-electron chi connectivity index (χ3n) is 4.46. The van der Waals surface area contributed by atoms with Gasteiger partial charge >= 0.3 is 6.18 Å². The molecule has 1 saturated carbocycles. The van der Waals surface area contributed by atoms with Crippen molar-refractivity contribution in [2.75, 3.05) is 0 Å². The lowest BCUT2D eigenvalue weighted by Gasteiger charge is -2.19. The van der Waals surface area contributed by atoms with Crippen LogP contribution < -0.4 is 5.32 Å². The van der Waals surface area contributed by atoms with Crippen molar-refractivity contribution in [3.63, 3.8) is 0 Å². The van der Waals surface area contributed by atoms with Crippen LogP contribution in [0.4, 0.5) is 13.2 Å². The van der Waals surface area contributed by atoms with Crippen LogP contribution in [0.2, 0.25) is 0 Å². The third-order valence-corrected chi connectivity index (χ3v) is 4.46. The van der Waals surface area contributed by atoms with E-state index in [1.165, 1.54) is 4.68 Å². The fourth-order valence-electron chi connectivity index (χ4n) is 2.81. The summed E-state index contributed by atoms with van der Waals surface area (Å²) in [7, 11) is 0. The van der Waals surface area contributed by atoms with Crippen LogP contribution in [-0.2, 0) is 11.0 Å². The number of amides is 1. The Morgan fingerprint density at radius 3 is 2.44 bits per heavy atom. The lowest BCUT2D eigenvalue weighted by molar-refractivity contribution is -0.142. The van der Waals surface area contributed by atoms with E-state index in [2.05, 4.69) is 10.4 Å². The van der Waals surface area contributed by atoms with Gasteiger partial charge in [0.15, 0.2) is 5.69 Å². The molecule has 4 nitrogen and oxygen atoms in total. The Hall–Kier alpha value is -2.31.